The van der Waals surface area contributed by atoms with Crippen LogP contribution in [0.15, 0.2) is 60.0 Å². The second-order valence-corrected chi connectivity index (χ2v) is 8.91. The Morgan fingerprint density at radius 2 is 1.75 bits per heavy atom. The van der Waals surface area contributed by atoms with Crippen molar-refractivity contribution in [2.45, 2.75) is 25.8 Å². The van der Waals surface area contributed by atoms with Crippen molar-refractivity contribution in [3.63, 3.8) is 0 Å². The van der Waals surface area contributed by atoms with E-state index in [1.165, 1.54) is 42.9 Å². The zero-order valence-corrected chi connectivity index (χ0v) is 19.4. The van der Waals surface area contributed by atoms with Gasteiger partial charge in [-0.2, -0.15) is 4.99 Å². The van der Waals surface area contributed by atoms with Crippen LogP contribution >= 0.6 is 0 Å². The highest BCUT2D eigenvalue weighted by Gasteiger charge is 2.43. The molecule has 6 rings (SSSR count). The van der Waals surface area contributed by atoms with Crippen molar-refractivity contribution in [1.29, 1.82) is 0 Å². The van der Waals surface area contributed by atoms with Gasteiger partial charge in [-0.1, -0.05) is 0 Å². The molecule has 0 aliphatic carbocycles. The van der Waals surface area contributed by atoms with Crippen molar-refractivity contribution < 1.29 is 13.5 Å². The fourth-order valence-corrected chi connectivity index (χ4v) is 5.08. The Morgan fingerprint density at radius 1 is 1.00 bits per heavy atom. The van der Waals surface area contributed by atoms with E-state index < -0.39 is 16.3 Å². The first kappa shape index (κ1) is 22.6. The lowest BCUT2D eigenvalue weighted by Gasteiger charge is -2.46. The van der Waals surface area contributed by atoms with Gasteiger partial charge in [0, 0.05) is 68.5 Å². The number of hydrogen-bond acceptors (Lipinski definition) is 7. The van der Waals surface area contributed by atoms with Gasteiger partial charge < -0.3 is 15.3 Å². The average molecular weight is 488 g/mol. The molecule has 10 heteroatoms. The molecule has 4 aromatic rings. The number of quaternary nitrogens is 1. The van der Waals surface area contributed by atoms with E-state index in [1.807, 2.05) is 0 Å². The number of hydroxylamine groups is 2. The summed E-state index contributed by atoms with van der Waals surface area (Å²) in [5.41, 5.74) is 1.30. The van der Waals surface area contributed by atoms with Crippen LogP contribution in [0, 0.1) is 16.8 Å². The van der Waals surface area contributed by atoms with Crippen LogP contribution in [0.3, 0.4) is 0 Å². The summed E-state index contributed by atoms with van der Waals surface area (Å²) in [6.45, 7) is 3.21. The van der Waals surface area contributed by atoms with Crippen LogP contribution in [-0.4, -0.2) is 39.9 Å². The molecule has 1 N–H and O–H groups in total. The lowest BCUT2D eigenvalue weighted by atomic mass is 9.98. The first-order chi connectivity index (χ1) is 17.4. The molecule has 0 spiro atoms. The Kier molecular flexibility index (Phi) is 5.44. The standard InChI is InChI=1S/C26H22F2N6O2/c1-15-33-24-14-32-23-13-22(28)19(12-20(23)25(24)34(15,35)16-5-9-29-10-6-16)18-4-3-17(11-21(18)27)36-26-30-7-2-8-31-26/h2-4,7-8,11-14,16,29H,5-6,9-10H2,1H3. The fourth-order valence-electron chi connectivity index (χ4n) is 5.08. The molecule has 0 saturated carbocycles. The maximum Gasteiger partial charge on any atom is 0.321 e. The molecule has 36 heavy (non-hydrogen) atoms. The van der Waals surface area contributed by atoms with E-state index in [9.17, 15) is 5.21 Å². The Labute approximate surface area is 205 Å². The number of aromatic nitrogens is 3. The highest BCUT2D eigenvalue weighted by Crippen LogP contribution is 2.48. The van der Waals surface area contributed by atoms with Gasteiger partial charge in [-0.05, 0) is 24.3 Å². The van der Waals surface area contributed by atoms with Crippen molar-refractivity contribution in [3.8, 4) is 22.9 Å². The topological polar surface area (TPSA) is 95.4 Å². The first-order valence-corrected chi connectivity index (χ1v) is 11.7. The summed E-state index contributed by atoms with van der Waals surface area (Å²) in [6.07, 6.45) is 5.91. The van der Waals surface area contributed by atoms with Gasteiger partial charge in [0.1, 0.15) is 29.1 Å². The number of halogens is 2. The number of ether oxygens (including phenoxy) is 1. The third kappa shape index (κ3) is 3.62. The number of nitrogens with zero attached hydrogens (tertiary/aromatic N) is 5. The number of nitrogens with one attached hydrogen (secondary N) is 1. The van der Waals surface area contributed by atoms with E-state index in [4.69, 9.17) is 4.74 Å². The minimum Gasteiger partial charge on any atom is -0.621 e. The number of piperidine rings is 1. The SMILES string of the molecule is CC1=Nc2cnc3cc(F)c(-c4ccc(Oc5ncccn5)cc4F)cc3c2[N+]1([O-])C1CCNCC1. The molecule has 0 amide bonds. The van der Waals surface area contributed by atoms with Crippen molar-refractivity contribution >= 4 is 28.1 Å². The summed E-state index contributed by atoms with van der Waals surface area (Å²) in [7, 11) is 0. The van der Waals surface area contributed by atoms with Crippen LogP contribution in [0.2, 0.25) is 0 Å². The third-order valence-electron chi connectivity index (χ3n) is 6.81. The summed E-state index contributed by atoms with van der Waals surface area (Å²) >= 11 is 0. The van der Waals surface area contributed by atoms with Crippen LogP contribution < -0.4 is 14.7 Å². The van der Waals surface area contributed by atoms with Gasteiger partial charge in [0.25, 0.3) is 0 Å². The van der Waals surface area contributed by atoms with Crippen LogP contribution in [0.5, 0.6) is 11.8 Å². The summed E-state index contributed by atoms with van der Waals surface area (Å²) in [6, 6.07) is 8.34. The molecule has 182 valence electrons. The Bertz CT molecular complexity index is 1510. The zero-order chi connectivity index (χ0) is 24.9. The second-order valence-electron chi connectivity index (χ2n) is 8.91. The molecule has 2 aromatic carbocycles. The molecule has 2 aliphatic heterocycles. The Balaban J connectivity index is 1.45. The number of amidine groups is 1. The monoisotopic (exact) mass is 488 g/mol. The third-order valence-corrected chi connectivity index (χ3v) is 6.81. The van der Waals surface area contributed by atoms with E-state index in [-0.39, 0.29) is 28.9 Å². The lowest BCUT2D eigenvalue weighted by molar-refractivity contribution is 0.314. The number of pyridine rings is 1. The molecule has 2 aliphatic rings. The molecular formula is C26H22F2N6O2. The maximum atomic E-state index is 15.2. The molecule has 1 fully saturated rings. The Morgan fingerprint density at radius 3 is 2.50 bits per heavy atom. The molecule has 1 saturated heterocycles. The quantitative estimate of drug-likeness (QED) is 0.306. The summed E-state index contributed by atoms with van der Waals surface area (Å²) in [4.78, 5) is 16.8. The molecule has 8 nitrogen and oxygen atoms in total. The minimum atomic E-state index is -0.701. The largest absolute Gasteiger partial charge is 0.621 e. The highest BCUT2D eigenvalue weighted by molar-refractivity contribution is 6.11. The van der Waals surface area contributed by atoms with E-state index in [1.54, 1.807) is 13.0 Å². The van der Waals surface area contributed by atoms with E-state index in [0.29, 0.717) is 41.0 Å². The van der Waals surface area contributed by atoms with Crippen LogP contribution in [0.1, 0.15) is 19.8 Å². The second kappa shape index (κ2) is 8.66. The molecule has 0 radical (unpaired) electrons. The van der Waals surface area contributed by atoms with Crippen LogP contribution in [-0.2, 0) is 0 Å². The van der Waals surface area contributed by atoms with Gasteiger partial charge in [-0.15, -0.1) is 0 Å². The normalized spacial score (nSPS) is 19.8. The lowest BCUT2D eigenvalue weighted by Crippen LogP contribution is -2.57. The van der Waals surface area contributed by atoms with Gasteiger partial charge in [0.05, 0.1) is 17.1 Å². The van der Waals surface area contributed by atoms with Crippen molar-refractivity contribution in [1.82, 2.24) is 24.9 Å². The molecule has 4 heterocycles. The molecule has 1 atom stereocenters. The van der Waals surface area contributed by atoms with E-state index in [0.717, 1.165) is 19.2 Å². The average Bonchev–Trinajstić information content (AvgIpc) is 3.16. The summed E-state index contributed by atoms with van der Waals surface area (Å²) < 4.78 is 35.2. The van der Waals surface area contributed by atoms with Crippen LogP contribution in [0.25, 0.3) is 22.0 Å². The molecular weight excluding hydrogens is 466 g/mol. The number of aliphatic imine (C=N–C) groups is 1. The Hall–Kier alpha value is -3.86. The van der Waals surface area contributed by atoms with Crippen molar-refractivity contribution in [2.24, 2.45) is 4.99 Å². The van der Waals surface area contributed by atoms with Gasteiger partial charge >= 0.3 is 6.01 Å². The van der Waals surface area contributed by atoms with Gasteiger partial charge in [0.2, 0.25) is 5.84 Å². The van der Waals surface area contributed by atoms with Crippen molar-refractivity contribution in [3.05, 3.63) is 71.8 Å². The number of hydrogen-bond donors (Lipinski definition) is 1. The molecule has 0 bridgehead atoms. The van der Waals surface area contributed by atoms with E-state index in [2.05, 4.69) is 25.3 Å². The van der Waals surface area contributed by atoms with Gasteiger partial charge in [-0.3, -0.25) is 9.63 Å². The summed E-state index contributed by atoms with van der Waals surface area (Å²) in [5, 5.41) is 18.2. The fraction of sp³-hybridized carbons (Fsp3) is 0.231. The zero-order valence-electron chi connectivity index (χ0n) is 19.4. The van der Waals surface area contributed by atoms with Crippen molar-refractivity contribution in [2.75, 3.05) is 13.1 Å². The number of fused-ring (bicyclic) bond motifs is 3. The smallest absolute Gasteiger partial charge is 0.321 e. The minimum absolute atomic E-state index is 0.0270. The summed E-state index contributed by atoms with van der Waals surface area (Å²) in [5.74, 6) is -0.726. The molecule has 1 unspecified atom stereocenters. The number of benzene rings is 2. The molecule has 2 aromatic heterocycles. The van der Waals surface area contributed by atoms with Gasteiger partial charge in [0.15, 0.2) is 5.69 Å². The first-order valence-electron chi connectivity index (χ1n) is 11.7. The predicted molar refractivity (Wildman–Crippen MR) is 133 cm³/mol. The van der Waals surface area contributed by atoms with Gasteiger partial charge in [-0.25, -0.2) is 18.7 Å². The van der Waals surface area contributed by atoms with E-state index >= 15 is 8.78 Å². The highest BCUT2D eigenvalue weighted by atomic mass is 19.1. The predicted octanol–water partition coefficient (Wildman–Crippen LogP) is 5.38. The maximum absolute atomic E-state index is 15.2. The number of rotatable bonds is 4. The van der Waals surface area contributed by atoms with Crippen LogP contribution in [0.4, 0.5) is 20.2 Å².